The highest BCUT2D eigenvalue weighted by Gasteiger charge is 2.31. The lowest BCUT2D eigenvalue weighted by atomic mass is 10.0. The second-order valence-corrected chi connectivity index (χ2v) is 7.35. The number of carbonyl (C=O) groups is 1. The number of hydrogen-bond donors (Lipinski definition) is 0. The summed E-state index contributed by atoms with van der Waals surface area (Å²) in [4.78, 5) is 27.2. The second-order valence-electron chi connectivity index (χ2n) is 6.91. The molecular weight excluding hydrogens is 374 g/mol. The molecule has 1 saturated heterocycles. The Bertz CT molecular complexity index is 1050. The van der Waals surface area contributed by atoms with E-state index in [1.165, 1.54) is 16.8 Å². The van der Waals surface area contributed by atoms with E-state index in [0.717, 1.165) is 24.0 Å². The number of carbonyl (C=O) groups excluding carboxylic acids is 1. The summed E-state index contributed by atoms with van der Waals surface area (Å²) in [5.41, 5.74) is 2.04. The van der Waals surface area contributed by atoms with Crippen molar-refractivity contribution < 1.29 is 4.79 Å². The summed E-state index contributed by atoms with van der Waals surface area (Å²) in [6, 6.07) is 20.1. The van der Waals surface area contributed by atoms with Crippen molar-refractivity contribution in [3.05, 3.63) is 98.9 Å². The van der Waals surface area contributed by atoms with Gasteiger partial charge in [0, 0.05) is 17.6 Å². The van der Waals surface area contributed by atoms with Gasteiger partial charge in [-0.3, -0.25) is 9.59 Å². The van der Waals surface area contributed by atoms with Crippen LogP contribution in [-0.4, -0.2) is 27.1 Å². The Balaban J connectivity index is 1.60. The monoisotopic (exact) mass is 393 g/mol. The first kappa shape index (κ1) is 18.4. The molecule has 2 aromatic carbocycles. The molecule has 142 valence electrons. The number of aromatic nitrogens is 2. The van der Waals surface area contributed by atoms with Crippen LogP contribution in [-0.2, 0) is 6.54 Å². The van der Waals surface area contributed by atoms with Crippen LogP contribution in [0.5, 0.6) is 0 Å². The third-order valence-electron chi connectivity index (χ3n) is 5.01. The molecule has 0 N–H and O–H groups in total. The van der Waals surface area contributed by atoms with Gasteiger partial charge >= 0.3 is 0 Å². The summed E-state index contributed by atoms with van der Waals surface area (Å²) in [7, 11) is 0. The Kier molecular flexibility index (Phi) is 5.26. The highest BCUT2D eigenvalue weighted by atomic mass is 35.5. The Morgan fingerprint density at radius 1 is 1.07 bits per heavy atom. The van der Waals surface area contributed by atoms with Crippen molar-refractivity contribution in [3.8, 4) is 0 Å². The normalized spacial score (nSPS) is 16.3. The molecule has 3 aromatic rings. The zero-order valence-corrected chi connectivity index (χ0v) is 16.0. The molecule has 0 bridgehead atoms. The second kappa shape index (κ2) is 7.98. The molecule has 0 radical (unpaired) electrons. The quantitative estimate of drug-likeness (QED) is 0.675. The number of rotatable bonds is 4. The minimum Gasteiger partial charge on any atom is -0.330 e. The molecule has 4 rings (SSSR count). The average Bonchev–Trinajstić information content (AvgIpc) is 3.20. The molecule has 28 heavy (non-hydrogen) atoms. The van der Waals surface area contributed by atoms with Gasteiger partial charge < -0.3 is 4.90 Å². The fourth-order valence-electron chi connectivity index (χ4n) is 3.65. The number of amides is 1. The van der Waals surface area contributed by atoms with Gasteiger partial charge in [0.2, 0.25) is 0 Å². The van der Waals surface area contributed by atoms with Crippen molar-refractivity contribution in [2.45, 2.75) is 25.4 Å². The molecule has 1 amide bonds. The maximum Gasteiger partial charge on any atom is 0.274 e. The van der Waals surface area contributed by atoms with Gasteiger partial charge in [0.1, 0.15) is 5.69 Å². The Morgan fingerprint density at radius 3 is 2.68 bits per heavy atom. The first-order valence-corrected chi connectivity index (χ1v) is 9.68. The van der Waals surface area contributed by atoms with E-state index < -0.39 is 0 Å². The highest BCUT2D eigenvalue weighted by Crippen LogP contribution is 2.33. The van der Waals surface area contributed by atoms with E-state index in [0.29, 0.717) is 18.1 Å². The number of halogens is 1. The highest BCUT2D eigenvalue weighted by molar-refractivity contribution is 6.30. The van der Waals surface area contributed by atoms with E-state index >= 15 is 0 Å². The van der Waals surface area contributed by atoms with Crippen LogP contribution in [0.25, 0.3) is 0 Å². The lowest BCUT2D eigenvalue weighted by Gasteiger charge is -2.25. The van der Waals surface area contributed by atoms with Gasteiger partial charge in [-0.05, 0) is 42.2 Å². The number of benzene rings is 2. The summed E-state index contributed by atoms with van der Waals surface area (Å²) in [5.74, 6) is -0.163. The Labute approximate surface area is 168 Å². The molecule has 1 aliphatic heterocycles. The number of likely N-dealkylation sites (tertiary alicyclic amines) is 1. The fourth-order valence-corrected chi connectivity index (χ4v) is 3.85. The Morgan fingerprint density at radius 2 is 1.89 bits per heavy atom. The molecule has 1 aromatic heterocycles. The first-order valence-electron chi connectivity index (χ1n) is 9.30. The van der Waals surface area contributed by atoms with Crippen molar-refractivity contribution in [1.29, 1.82) is 0 Å². The third-order valence-corrected chi connectivity index (χ3v) is 5.24. The van der Waals surface area contributed by atoms with Crippen molar-refractivity contribution in [1.82, 2.24) is 14.7 Å². The minimum absolute atomic E-state index is 0.0255. The summed E-state index contributed by atoms with van der Waals surface area (Å²) in [5, 5.41) is 5.00. The summed E-state index contributed by atoms with van der Waals surface area (Å²) in [6.45, 7) is 0.994. The minimum atomic E-state index is -0.229. The SMILES string of the molecule is O=C(c1ccc(=O)n(Cc2ccccc2)n1)N1CCCC1c1cccc(Cl)c1. The van der Waals surface area contributed by atoms with E-state index in [9.17, 15) is 9.59 Å². The van der Waals surface area contributed by atoms with Crippen LogP contribution in [0.3, 0.4) is 0 Å². The Hall–Kier alpha value is -2.92. The van der Waals surface area contributed by atoms with Crippen LogP contribution < -0.4 is 5.56 Å². The van der Waals surface area contributed by atoms with Gasteiger partial charge in [-0.1, -0.05) is 54.1 Å². The molecule has 5 nitrogen and oxygen atoms in total. The summed E-state index contributed by atoms with van der Waals surface area (Å²) < 4.78 is 1.34. The van der Waals surface area contributed by atoms with Gasteiger partial charge in [0.25, 0.3) is 11.5 Å². The predicted octanol–water partition coefficient (Wildman–Crippen LogP) is 3.92. The topological polar surface area (TPSA) is 55.2 Å². The van der Waals surface area contributed by atoms with Crippen molar-refractivity contribution in [3.63, 3.8) is 0 Å². The van der Waals surface area contributed by atoms with E-state index in [-0.39, 0.29) is 23.2 Å². The average molecular weight is 394 g/mol. The van der Waals surface area contributed by atoms with Crippen LogP contribution in [0, 0.1) is 0 Å². The zero-order chi connectivity index (χ0) is 19.5. The van der Waals surface area contributed by atoms with Crippen molar-refractivity contribution in [2.24, 2.45) is 0 Å². The van der Waals surface area contributed by atoms with Gasteiger partial charge in [-0.2, -0.15) is 5.10 Å². The summed E-state index contributed by atoms with van der Waals surface area (Å²) in [6.07, 6.45) is 1.81. The molecule has 1 fully saturated rings. The van der Waals surface area contributed by atoms with Gasteiger partial charge in [-0.15, -0.1) is 0 Å². The zero-order valence-electron chi connectivity index (χ0n) is 15.3. The third kappa shape index (κ3) is 3.85. The molecular formula is C22H20ClN3O2. The molecule has 0 spiro atoms. The van der Waals surface area contributed by atoms with Crippen LogP contribution in [0.1, 0.15) is 40.5 Å². The van der Waals surface area contributed by atoms with Crippen LogP contribution in [0.2, 0.25) is 5.02 Å². The lowest BCUT2D eigenvalue weighted by molar-refractivity contribution is 0.0727. The fraction of sp³-hybridized carbons (Fsp3) is 0.227. The van der Waals surface area contributed by atoms with E-state index in [4.69, 9.17) is 11.6 Å². The maximum absolute atomic E-state index is 13.1. The lowest BCUT2D eigenvalue weighted by Crippen LogP contribution is -2.33. The molecule has 1 atom stereocenters. The van der Waals surface area contributed by atoms with Crippen LogP contribution >= 0.6 is 11.6 Å². The van der Waals surface area contributed by atoms with Crippen LogP contribution in [0.15, 0.2) is 71.5 Å². The van der Waals surface area contributed by atoms with Crippen molar-refractivity contribution >= 4 is 17.5 Å². The molecule has 6 heteroatoms. The maximum atomic E-state index is 13.1. The van der Waals surface area contributed by atoms with Crippen LogP contribution in [0.4, 0.5) is 0 Å². The van der Waals surface area contributed by atoms with Gasteiger partial charge in [-0.25, -0.2) is 4.68 Å². The molecule has 1 aliphatic rings. The first-order chi connectivity index (χ1) is 13.6. The molecule has 0 saturated carbocycles. The summed E-state index contributed by atoms with van der Waals surface area (Å²) >= 11 is 6.13. The van der Waals surface area contributed by atoms with Gasteiger partial charge in [0.05, 0.1) is 12.6 Å². The van der Waals surface area contributed by atoms with Crippen molar-refractivity contribution in [2.75, 3.05) is 6.54 Å². The predicted molar refractivity (Wildman–Crippen MR) is 109 cm³/mol. The van der Waals surface area contributed by atoms with E-state index in [2.05, 4.69) is 5.10 Å². The molecule has 2 heterocycles. The largest absolute Gasteiger partial charge is 0.330 e. The number of nitrogens with zero attached hydrogens (tertiary/aromatic N) is 3. The van der Waals surface area contributed by atoms with E-state index in [1.54, 1.807) is 0 Å². The number of hydrogen-bond acceptors (Lipinski definition) is 3. The van der Waals surface area contributed by atoms with E-state index in [1.807, 2.05) is 59.5 Å². The molecule has 0 aliphatic carbocycles. The smallest absolute Gasteiger partial charge is 0.274 e. The molecule has 1 unspecified atom stereocenters. The standard InChI is InChI=1S/C22H20ClN3O2/c23-18-9-4-8-17(14-18)20-10-5-13-25(20)22(28)19-11-12-21(27)26(24-19)15-16-6-2-1-3-7-16/h1-4,6-9,11-12,14,20H,5,10,13,15H2. The van der Waals surface area contributed by atoms with Gasteiger partial charge in [0.15, 0.2) is 0 Å².